The van der Waals surface area contributed by atoms with Crippen molar-refractivity contribution in [1.82, 2.24) is 14.8 Å². The van der Waals surface area contributed by atoms with Gasteiger partial charge in [-0.25, -0.2) is 9.78 Å². The highest BCUT2D eigenvalue weighted by molar-refractivity contribution is 6.00. The van der Waals surface area contributed by atoms with Crippen LogP contribution in [-0.4, -0.2) is 40.1 Å². The molecule has 0 saturated heterocycles. The van der Waals surface area contributed by atoms with Crippen LogP contribution in [0.2, 0.25) is 0 Å². The van der Waals surface area contributed by atoms with E-state index in [0.29, 0.717) is 11.9 Å². The summed E-state index contributed by atoms with van der Waals surface area (Å²) in [6, 6.07) is 4.31. The van der Waals surface area contributed by atoms with Crippen molar-refractivity contribution in [3.05, 3.63) is 36.2 Å². The maximum Gasteiger partial charge on any atom is 0.573 e. The highest BCUT2D eigenvalue weighted by Gasteiger charge is 2.34. The van der Waals surface area contributed by atoms with Gasteiger partial charge in [0.2, 0.25) is 5.91 Å². The Morgan fingerprint density at radius 1 is 1.21 bits per heavy atom. The van der Waals surface area contributed by atoms with Crippen molar-refractivity contribution in [2.24, 2.45) is 5.92 Å². The minimum absolute atomic E-state index is 0.0380. The molecule has 1 aliphatic rings. The van der Waals surface area contributed by atoms with Crippen molar-refractivity contribution in [2.75, 3.05) is 17.7 Å². The first-order chi connectivity index (χ1) is 15.7. The zero-order valence-corrected chi connectivity index (χ0v) is 17.7. The summed E-state index contributed by atoms with van der Waals surface area (Å²) < 4.78 is 50.3. The molecule has 0 bridgehead atoms. The van der Waals surface area contributed by atoms with Crippen molar-refractivity contribution < 1.29 is 32.2 Å². The van der Waals surface area contributed by atoms with Gasteiger partial charge in [-0.15, -0.1) is 13.2 Å². The van der Waals surface area contributed by atoms with E-state index in [1.54, 1.807) is 13.0 Å². The van der Waals surface area contributed by atoms with Crippen LogP contribution in [0.25, 0.3) is 10.9 Å². The first-order valence-corrected chi connectivity index (χ1v) is 10.1. The molecular formula is C21H20F3N5O4. The summed E-state index contributed by atoms with van der Waals surface area (Å²) in [4.78, 5) is 28.4. The fourth-order valence-electron chi connectivity index (χ4n) is 3.32. The van der Waals surface area contributed by atoms with E-state index in [1.807, 2.05) is 0 Å². The van der Waals surface area contributed by atoms with Gasteiger partial charge in [0.1, 0.15) is 16.9 Å². The number of esters is 1. The molecule has 9 nitrogen and oxygen atoms in total. The molecule has 12 heteroatoms. The number of alkyl halides is 3. The Bertz CT molecular complexity index is 1220. The van der Waals surface area contributed by atoms with E-state index in [0.717, 1.165) is 12.8 Å². The molecule has 174 valence electrons. The molecule has 4 rings (SSSR count). The highest BCUT2D eigenvalue weighted by Crippen LogP contribution is 2.40. The van der Waals surface area contributed by atoms with Crippen molar-refractivity contribution in [2.45, 2.75) is 32.7 Å². The number of aryl methyl sites for hydroxylation is 1. The van der Waals surface area contributed by atoms with Crippen LogP contribution >= 0.6 is 0 Å². The van der Waals surface area contributed by atoms with Gasteiger partial charge in [-0.1, -0.05) is 0 Å². The fourth-order valence-corrected chi connectivity index (χ4v) is 3.32. The molecule has 3 aromatic rings. The third kappa shape index (κ3) is 4.83. The fraction of sp³-hybridized carbons (Fsp3) is 0.333. The number of fused-ring (bicyclic) bond motifs is 1. The number of carbonyl (C=O) groups excluding carboxylic acids is 2. The van der Waals surface area contributed by atoms with E-state index in [1.165, 1.54) is 36.3 Å². The minimum Gasteiger partial charge on any atom is -0.465 e. The summed E-state index contributed by atoms with van der Waals surface area (Å²) >= 11 is 0. The van der Waals surface area contributed by atoms with E-state index in [9.17, 15) is 22.8 Å². The van der Waals surface area contributed by atoms with E-state index in [2.05, 4.69) is 25.5 Å². The SMILES string of the molecule is CCn1ncc2ccc(Nc3cc(NC(=O)C4CC4)ncc3C(=O)OC)c(OC(F)(F)F)c21. The van der Waals surface area contributed by atoms with Gasteiger partial charge in [0.15, 0.2) is 5.75 Å². The second-order valence-corrected chi connectivity index (χ2v) is 7.38. The molecule has 1 amide bonds. The monoisotopic (exact) mass is 463 g/mol. The van der Waals surface area contributed by atoms with Gasteiger partial charge >= 0.3 is 12.3 Å². The third-order valence-corrected chi connectivity index (χ3v) is 5.05. The van der Waals surface area contributed by atoms with Crippen molar-refractivity contribution in [3.8, 4) is 5.75 Å². The molecule has 33 heavy (non-hydrogen) atoms. The molecule has 0 spiro atoms. The summed E-state index contributed by atoms with van der Waals surface area (Å²) in [5.74, 6) is -1.43. The van der Waals surface area contributed by atoms with Gasteiger partial charge in [-0.2, -0.15) is 5.10 Å². The Kier molecular flexibility index (Phi) is 5.83. The van der Waals surface area contributed by atoms with Gasteiger partial charge in [0.25, 0.3) is 0 Å². The van der Waals surface area contributed by atoms with Crippen LogP contribution in [0, 0.1) is 5.92 Å². The lowest BCUT2D eigenvalue weighted by molar-refractivity contribution is -0.273. The Morgan fingerprint density at radius 2 is 1.97 bits per heavy atom. The quantitative estimate of drug-likeness (QED) is 0.505. The van der Waals surface area contributed by atoms with Crippen molar-refractivity contribution in [1.29, 1.82) is 0 Å². The standard InChI is InChI=1S/C21H20F3N5O4/c1-3-29-17-12(9-26-29)6-7-14(18(17)33-21(22,23)24)27-15-8-16(28-19(30)11-4-5-11)25-10-13(15)20(31)32-2/h6-11H,3-5H2,1-2H3,(H2,25,27,28,30). The van der Waals surface area contributed by atoms with E-state index in [-0.39, 0.29) is 40.1 Å². The number of carbonyl (C=O) groups is 2. The van der Waals surface area contributed by atoms with Crippen LogP contribution in [0.5, 0.6) is 5.75 Å². The number of methoxy groups -OCH3 is 1. The van der Waals surface area contributed by atoms with Crippen LogP contribution in [-0.2, 0) is 16.1 Å². The van der Waals surface area contributed by atoms with Crippen molar-refractivity contribution in [3.63, 3.8) is 0 Å². The molecule has 0 radical (unpaired) electrons. The predicted octanol–water partition coefficient (Wildman–Crippen LogP) is 4.23. The Balaban J connectivity index is 1.79. The Hall–Kier alpha value is -3.83. The minimum atomic E-state index is -4.97. The van der Waals surface area contributed by atoms with E-state index in [4.69, 9.17) is 4.74 Å². The summed E-state index contributed by atoms with van der Waals surface area (Å²) in [5, 5.41) is 9.99. The number of rotatable bonds is 7. The lowest BCUT2D eigenvalue weighted by Crippen LogP contribution is -2.19. The van der Waals surface area contributed by atoms with Crippen molar-refractivity contribution >= 4 is 40.0 Å². The molecule has 1 saturated carbocycles. The first-order valence-electron chi connectivity index (χ1n) is 10.1. The predicted molar refractivity (Wildman–Crippen MR) is 112 cm³/mol. The molecule has 1 fully saturated rings. The maximum atomic E-state index is 13.3. The van der Waals surface area contributed by atoms with Gasteiger partial charge in [0.05, 0.1) is 24.7 Å². The summed E-state index contributed by atoms with van der Waals surface area (Å²) in [7, 11) is 1.17. The lowest BCUT2D eigenvalue weighted by atomic mass is 10.1. The third-order valence-electron chi connectivity index (χ3n) is 5.05. The van der Waals surface area contributed by atoms with Gasteiger partial charge < -0.3 is 20.1 Å². The number of amides is 1. The molecule has 2 heterocycles. The average molecular weight is 463 g/mol. The second-order valence-electron chi connectivity index (χ2n) is 7.38. The number of nitrogens with one attached hydrogen (secondary N) is 2. The van der Waals surface area contributed by atoms with E-state index < -0.39 is 18.1 Å². The van der Waals surface area contributed by atoms with E-state index >= 15 is 0 Å². The van der Waals surface area contributed by atoms with Gasteiger partial charge in [0, 0.05) is 30.1 Å². The van der Waals surface area contributed by atoms with Gasteiger partial charge in [-0.3, -0.25) is 9.48 Å². The number of halogens is 3. The van der Waals surface area contributed by atoms with Crippen LogP contribution in [0.3, 0.4) is 0 Å². The number of nitrogens with zero attached hydrogens (tertiary/aromatic N) is 3. The second kappa shape index (κ2) is 8.60. The molecule has 0 aliphatic heterocycles. The number of anilines is 3. The lowest BCUT2D eigenvalue weighted by Gasteiger charge is -2.18. The topological polar surface area (TPSA) is 107 Å². The number of hydrogen-bond acceptors (Lipinski definition) is 7. The smallest absolute Gasteiger partial charge is 0.465 e. The van der Waals surface area contributed by atoms with Crippen LogP contribution in [0.1, 0.15) is 30.1 Å². The molecule has 1 aliphatic carbocycles. The number of benzene rings is 1. The number of hydrogen-bond donors (Lipinski definition) is 2. The summed E-state index contributed by atoms with van der Waals surface area (Å²) in [6.45, 7) is 2.04. The summed E-state index contributed by atoms with van der Waals surface area (Å²) in [6.07, 6.45) is -0.805. The average Bonchev–Trinajstić information content (AvgIpc) is 3.54. The van der Waals surface area contributed by atoms with Crippen LogP contribution in [0.15, 0.2) is 30.6 Å². The number of ether oxygens (including phenoxy) is 2. The normalized spacial score (nSPS) is 13.6. The van der Waals surface area contributed by atoms with Gasteiger partial charge in [-0.05, 0) is 31.9 Å². The van der Waals surface area contributed by atoms with Crippen LogP contribution < -0.4 is 15.4 Å². The maximum absolute atomic E-state index is 13.3. The zero-order valence-electron chi connectivity index (χ0n) is 17.7. The highest BCUT2D eigenvalue weighted by atomic mass is 19.4. The Labute approximate surface area is 185 Å². The molecule has 1 aromatic carbocycles. The largest absolute Gasteiger partial charge is 0.573 e. The molecule has 0 unspecified atom stereocenters. The molecule has 2 N–H and O–H groups in total. The number of pyridine rings is 1. The summed E-state index contributed by atoms with van der Waals surface area (Å²) in [5.41, 5.74) is 0.113. The molecule has 0 atom stereocenters. The molecule has 2 aromatic heterocycles. The Morgan fingerprint density at radius 3 is 2.61 bits per heavy atom. The zero-order chi connectivity index (χ0) is 23.8. The first kappa shape index (κ1) is 22.4. The molecular weight excluding hydrogens is 443 g/mol. The van der Waals surface area contributed by atoms with Crippen LogP contribution in [0.4, 0.5) is 30.4 Å². The number of aromatic nitrogens is 3.